The van der Waals surface area contributed by atoms with E-state index in [0.717, 1.165) is 31.5 Å². The summed E-state index contributed by atoms with van der Waals surface area (Å²) in [4.78, 5) is 25.4. The van der Waals surface area contributed by atoms with Gasteiger partial charge in [-0.2, -0.15) is 5.10 Å². The summed E-state index contributed by atoms with van der Waals surface area (Å²) in [6.07, 6.45) is 5.31. The van der Waals surface area contributed by atoms with Crippen molar-refractivity contribution in [3.8, 4) is 0 Å². The molecule has 0 radical (unpaired) electrons. The van der Waals surface area contributed by atoms with E-state index in [1.165, 1.54) is 0 Å². The van der Waals surface area contributed by atoms with Gasteiger partial charge in [-0.1, -0.05) is 0 Å². The number of hydrogen-bond acceptors (Lipinski definition) is 3. The summed E-state index contributed by atoms with van der Waals surface area (Å²) in [5.41, 5.74) is 0.891. The normalized spacial score (nSPS) is 20.3. The monoisotopic (exact) mass is 293 g/mol. The Bertz CT molecular complexity index is 512. The molecule has 0 aliphatic carbocycles. The lowest BCUT2D eigenvalue weighted by atomic mass is 9.95. The molecular formula is C15H23N3O3. The van der Waals surface area contributed by atoms with Crippen LogP contribution >= 0.6 is 0 Å². The van der Waals surface area contributed by atoms with Gasteiger partial charge in [-0.05, 0) is 38.7 Å². The zero-order valence-electron chi connectivity index (χ0n) is 12.7. The van der Waals surface area contributed by atoms with Crippen molar-refractivity contribution in [3.63, 3.8) is 0 Å². The van der Waals surface area contributed by atoms with Crippen molar-refractivity contribution < 1.29 is 14.7 Å². The average molecular weight is 293 g/mol. The third kappa shape index (κ3) is 3.62. The third-order valence-corrected chi connectivity index (χ3v) is 4.27. The first kappa shape index (κ1) is 15.5. The molecule has 1 fully saturated rings. The van der Waals surface area contributed by atoms with Crippen LogP contribution in [0.1, 0.15) is 50.6 Å². The lowest BCUT2D eigenvalue weighted by Crippen LogP contribution is -2.45. The fourth-order valence-corrected chi connectivity index (χ4v) is 3.06. The molecule has 21 heavy (non-hydrogen) atoms. The van der Waals surface area contributed by atoms with Crippen LogP contribution in [-0.4, -0.2) is 44.3 Å². The van der Waals surface area contributed by atoms with Gasteiger partial charge in [-0.15, -0.1) is 0 Å². The Kier molecular flexibility index (Phi) is 4.98. The predicted octanol–water partition coefficient (Wildman–Crippen LogP) is 1.77. The molecule has 1 aromatic heterocycles. The number of piperidine rings is 1. The number of aromatic nitrogens is 2. The van der Waals surface area contributed by atoms with Crippen molar-refractivity contribution in [2.75, 3.05) is 6.54 Å². The number of amides is 1. The summed E-state index contributed by atoms with van der Waals surface area (Å²) in [7, 11) is 1.83. The smallest absolute Gasteiger partial charge is 0.303 e. The van der Waals surface area contributed by atoms with Gasteiger partial charge >= 0.3 is 5.97 Å². The largest absolute Gasteiger partial charge is 0.481 e. The number of aryl methyl sites for hydroxylation is 1. The highest BCUT2D eigenvalue weighted by Crippen LogP contribution is 2.26. The molecule has 6 nitrogen and oxygen atoms in total. The molecule has 6 heteroatoms. The first-order chi connectivity index (χ1) is 10.0. The van der Waals surface area contributed by atoms with Crippen molar-refractivity contribution in [1.29, 1.82) is 0 Å². The number of hydrogen-bond donors (Lipinski definition) is 1. The van der Waals surface area contributed by atoms with Gasteiger partial charge in [-0.3, -0.25) is 14.3 Å². The SMILES string of the molecule is CC(C(=O)N1CCCCC1CCC(=O)O)c1ccnn1C. The zero-order chi connectivity index (χ0) is 15.4. The molecule has 116 valence electrons. The van der Waals surface area contributed by atoms with Crippen LogP contribution in [0.5, 0.6) is 0 Å². The highest BCUT2D eigenvalue weighted by atomic mass is 16.4. The zero-order valence-corrected chi connectivity index (χ0v) is 12.7. The summed E-state index contributed by atoms with van der Waals surface area (Å²) >= 11 is 0. The minimum atomic E-state index is -0.798. The Hall–Kier alpha value is -1.85. The van der Waals surface area contributed by atoms with Gasteiger partial charge < -0.3 is 10.0 Å². The molecule has 0 bridgehead atoms. The summed E-state index contributed by atoms with van der Waals surface area (Å²) in [5, 5.41) is 13.0. The predicted molar refractivity (Wildman–Crippen MR) is 77.8 cm³/mol. The Balaban J connectivity index is 2.07. The summed E-state index contributed by atoms with van der Waals surface area (Å²) in [6, 6.07) is 1.91. The quantitative estimate of drug-likeness (QED) is 0.897. The van der Waals surface area contributed by atoms with E-state index in [2.05, 4.69) is 5.10 Å². The topological polar surface area (TPSA) is 75.4 Å². The number of likely N-dealkylation sites (tertiary alicyclic amines) is 1. The van der Waals surface area contributed by atoms with Gasteiger partial charge in [0, 0.05) is 32.3 Å². The molecule has 0 spiro atoms. The molecule has 1 N–H and O–H groups in total. The second-order valence-corrected chi connectivity index (χ2v) is 5.72. The van der Waals surface area contributed by atoms with Crippen LogP contribution in [0.4, 0.5) is 0 Å². The van der Waals surface area contributed by atoms with Gasteiger partial charge in [0.15, 0.2) is 0 Å². The van der Waals surface area contributed by atoms with Crippen LogP contribution in [0, 0.1) is 0 Å². The molecule has 0 saturated carbocycles. The second-order valence-electron chi connectivity index (χ2n) is 5.72. The van der Waals surface area contributed by atoms with Crippen molar-refractivity contribution in [1.82, 2.24) is 14.7 Å². The number of carbonyl (C=O) groups is 2. The fourth-order valence-electron chi connectivity index (χ4n) is 3.06. The first-order valence-electron chi connectivity index (χ1n) is 7.51. The van der Waals surface area contributed by atoms with E-state index in [-0.39, 0.29) is 24.3 Å². The average Bonchev–Trinajstić information content (AvgIpc) is 2.90. The summed E-state index contributed by atoms with van der Waals surface area (Å²) in [5.74, 6) is -0.968. The van der Waals surface area contributed by atoms with Crippen LogP contribution in [0.3, 0.4) is 0 Å². The van der Waals surface area contributed by atoms with E-state index in [1.807, 2.05) is 24.9 Å². The maximum Gasteiger partial charge on any atom is 0.303 e. The van der Waals surface area contributed by atoms with Crippen molar-refractivity contribution >= 4 is 11.9 Å². The Labute approximate surface area is 124 Å². The number of carboxylic acid groups (broad SMARTS) is 1. The second kappa shape index (κ2) is 6.74. The summed E-state index contributed by atoms with van der Waals surface area (Å²) in [6.45, 7) is 2.62. The minimum Gasteiger partial charge on any atom is -0.481 e. The number of carboxylic acids is 1. The highest BCUT2D eigenvalue weighted by Gasteiger charge is 2.31. The lowest BCUT2D eigenvalue weighted by molar-refractivity contribution is -0.140. The lowest BCUT2D eigenvalue weighted by Gasteiger charge is -2.37. The van der Waals surface area contributed by atoms with Crippen LogP contribution < -0.4 is 0 Å². The summed E-state index contributed by atoms with van der Waals surface area (Å²) < 4.78 is 1.72. The molecule has 2 rings (SSSR count). The van der Waals surface area contributed by atoms with E-state index in [9.17, 15) is 9.59 Å². The van der Waals surface area contributed by atoms with Crippen LogP contribution in [0.15, 0.2) is 12.3 Å². The molecule has 2 unspecified atom stereocenters. The molecule has 2 heterocycles. The molecule has 1 aromatic rings. The number of nitrogens with zero attached hydrogens (tertiary/aromatic N) is 3. The number of carbonyl (C=O) groups excluding carboxylic acids is 1. The fraction of sp³-hybridized carbons (Fsp3) is 0.667. The molecule has 1 aliphatic heterocycles. The van der Waals surface area contributed by atoms with Gasteiger partial charge in [-0.25, -0.2) is 0 Å². The van der Waals surface area contributed by atoms with Crippen molar-refractivity contribution in [2.24, 2.45) is 7.05 Å². The van der Waals surface area contributed by atoms with E-state index in [1.54, 1.807) is 10.9 Å². The van der Waals surface area contributed by atoms with Crippen molar-refractivity contribution in [2.45, 2.75) is 51.0 Å². The van der Waals surface area contributed by atoms with E-state index in [4.69, 9.17) is 5.11 Å². The number of rotatable bonds is 5. The van der Waals surface area contributed by atoms with Crippen LogP contribution in [-0.2, 0) is 16.6 Å². The highest BCUT2D eigenvalue weighted by molar-refractivity contribution is 5.83. The standard InChI is InChI=1S/C15H23N3O3/c1-11(13-8-9-16-17(13)2)15(21)18-10-4-3-5-12(18)6-7-14(19)20/h8-9,11-12H,3-7,10H2,1-2H3,(H,19,20). The van der Waals surface area contributed by atoms with E-state index in [0.29, 0.717) is 6.42 Å². The van der Waals surface area contributed by atoms with Gasteiger partial charge in [0.05, 0.1) is 11.6 Å². The van der Waals surface area contributed by atoms with Gasteiger partial charge in [0.1, 0.15) is 0 Å². The van der Waals surface area contributed by atoms with E-state index < -0.39 is 5.97 Å². The van der Waals surface area contributed by atoms with Crippen LogP contribution in [0.2, 0.25) is 0 Å². The Morgan fingerprint density at radius 2 is 2.24 bits per heavy atom. The molecule has 1 amide bonds. The molecule has 0 aromatic carbocycles. The maximum absolute atomic E-state index is 12.7. The van der Waals surface area contributed by atoms with Crippen molar-refractivity contribution in [3.05, 3.63) is 18.0 Å². The Morgan fingerprint density at radius 1 is 1.48 bits per heavy atom. The van der Waals surface area contributed by atoms with Crippen LogP contribution in [0.25, 0.3) is 0 Å². The third-order valence-electron chi connectivity index (χ3n) is 4.27. The van der Waals surface area contributed by atoms with Gasteiger partial charge in [0.2, 0.25) is 5.91 Å². The minimum absolute atomic E-state index is 0.0537. The van der Waals surface area contributed by atoms with Gasteiger partial charge in [0.25, 0.3) is 0 Å². The molecule has 1 aliphatic rings. The Morgan fingerprint density at radius 3 is 2.86 bits per heavy atom. The molecular weight excluding hydrogens is 270 g/mol. The first-order valence-corrected chi connectivity index (χ1v) is 7.51. The van der Waals surface area contributed by atoms with E-state index >= 15 is 0 Å². The molecule has 1 saturated heterocycles. The molecule has 2 atom stereocenters. The number of aliphatic carboxylic acids is 1. The maximum atomic E-state index is 12.7.